The quantitative estimate of drug-likeness (QED) is 0.451. The van der Waals surface area contributed by atoms with Gasteiger partial charge in [0, 0.05) is 6.42 Å². The predicted molar refractivity (Wildman–Crippen MR) is 76.5 cm³/mol. The molecule has 0 radical (unpaired) electrons. The highest BCUT2D eigenvalue weighted by molar-refractivity contribution is 5.93. The Hall–Kier alpha value is -1.63. The minimum Gasteiger partial charge on any atom is -0.368 e. The summed E-state index contributed by atoms with van der Waals surface area (Å²) in [5.74, 6) is -1.25. The van der Waals surface area contributed by atoms with Crippen LogP contribution in [0.3, 0.4) is 0 Å². The predicted octanol–water partition coefficient (Wildman–Crippen LogP) is -0.610. The Balaban J connectivity index is 4.71. The number of primary amides is 1. The number of nitrogens with two attached hydrogens (primary N) is 2. The second-order valence-electron chi connectivity index (χ2n) is 5.28. The minimum absolute atomic E-state index is 0.193. The Morgan fingerprint density at radius 2 is 1.85 bits per heavy atom. The van der Waals surface area contributed by atoms with E-state index in [-0.39, 0.29) is 5.91 Å². The molecular weight excluding hydrogens is 260 g/mol. The van der Waals surface area contributed by atoms with E-state index in [1.807, 2.05) is 6.92 Å². The topological polar surface area (TPSA) is 127 Å². The highest BCUT2D eigenvalue weighted by atomic mass is 16.2. The molecule has 0 aromatic carbocycles. The van der Waals surface area contributed by atoms with Gasteiger partial charge in [0.2, 0.25) is 17.7 Å². The van der Waals surface area contributed by atoms with Crippen molar-refractivity contribution in [1.29, 1.82) is 0 Å². The first-order valence-corrected chi connectivity index (χ1v) is 6.86. The van der Waals surface area contributed by atoms with Gasteiger partial charge in [0.1, 0.15) is 11.6 Å². The van der Waals surface area contributed by atoms with Gasteiger partial charge in [-0.2, -0.15) is 0 Å². The van der Waals surface area contributed by atoms with Gasteiger partial charge in [0.15, 0.2) is 0 Å². The van der Waals surface area contributed by atoms with E-state index < -0.39 is 23.4 Å². The molecule has 20 heavy (non-hydrogen) atoms. The molecule has 0 saturated carbocycles. The lowest BCUT2D eigenvalue weighted by atomic mass is 10.0. The average Bonchev–Trinajstić information content (AvgIpc) is 2.33. The van der Waals surface area contributed by atoms with Gasteiger partial charge in [0.05, 0.1) is 0 Å². The largest absolute Gasteiger partial charge is 0.368 e. The van der Waals surface area contributed by atoms with Crippen molar-refractivity contribution in [1.82, 2.24) is 10.6 Å². The number of hydrogen-bond acceptors (Lipinski definition) is 4. The summed E-state index contributed by atoms with van der Waals surface area (Å²) in [6, 6.07) is -0.698. The van der Waals surface area contributed by atoms with Crippen LogP contribution in [0, 0.1) is 0 Å². The van der Waals surface area contributed by atoms with Crippen molar-refractivity contribution in [3.8, 4) is 0 Å². The maximum atomic E-state index is 12.1. The molecule has 0 aliphatic rings. The van der Waals surface area contributed by atoms with E-state index in [0.29, 0.717) is 32.2 Å². The fraction of sp³-hybridized carbons (Fsp3) is 0.769. The van der Waals surface area contributed by atoms with Crippen LogP contribution in [0.4, 0.5) is 0 Å². The Labute approximate surface area is 119 Å². The van der Waals surface area contributed by atoms with Crippen molar-refractivity contribution in [3.63, 3.8) is 0 Å². The molecule has 7 heteroatoms. The fourth-order valence-corrected chi connectivity index (χ4v) is 1.54. The zero-order valence-corrected chi connectivity index (χ0v) is 12.5. The van der Waals surface area contributed by atoms with Crippen molar-refractivity contribution in [2.45, 2.75) is 58.0 Å². The summed E-state index contributed by atoms with van der Waals surface area (Å²) in [5, 5.41) is 5.20. The van der Waals surface area contributed by atoms with Gasteiger partial charge in [-0.3, -0.25) is 14.4 Å². The first-order chi connectivity index (χ1) is 9.24. The van der Waals surface area contributed by atoms with Crippen LogP contribution in [-0.4, -0.2) is 35.8 Å². The lowest BCUT2D eigenvalue weighted by molar-refractivity contribution is -0.133. The molecule has 116 valence electrons. The summed E-state index contributed by atoms with van der Waals surface area (Å²) in [4.78, 5) is 35.0. The summed E-state index contributed by atoms with van der Waals surface area (Å²) in [6.45, 7) is 5.33. The molecule has 0 saturated heterocycles. The van der Waals surface area contributed by atoms with Crippen LogP contribution in [0.5, 0.6) is 0 Å². The molecule has 0 spiro atoms. The number of hydrogen-bond donors (Lipinski definition) is 4. The molecule has 1 unspecified atom stereocenters. The first kappa shape index (κ1) is 18.4. The fourth-order valence-electron chi connectivity index (χ4n) is 1.54. The van der Waals surface area contributed by atoms with Gasteiger partial charge >= 0.3 is 0 Å². The molecule has 7 nitrogen and oxygen atoms in total. The van der Waals surface area contributed by atoms with Gasteiger partial charge in [-0.15, -0.1) is 0 Å². The van der Waals surface area contributed by atoms with Crippen molar-refractivity contribution in [3.05, 3.63) is 0 Å². The molecular formula is C13H26N4O3. The molecule has 0 aromatic heterocycles. The van der Waals surface area contributed by atoms with Crippen LogP contribution in [-0.2, 0) is 14.4 Å². The molecule has 0 rings (SSSR count). The van der Waals surface area contributed by atoms with Crippen molar-refractivity contribution < 1.29 is 14.4 Å². The minimum atomic E-state index is -1.16. The summed E-state index contributed by atoms with van der Waals surface area (Å²) in [5.41, 5.74) is 9.47. The molecule has 0 heterocycles. The summed E-state index contributed by atoms with van der Waals surface area (Å²) in [6.07, 6.45) is 2.07. The standard InChI is InChI=1S/C13H26N4O3/c1-4-6-10(18)16-9(7-5-8-14)11(19)17-13(2,3)12(15)20/h9H,4-8,14H2,1-3H3,(H2,15,20)(H,16,18)(H,17,19). The molecule has 0 bridgehead atoms. The van der Waals surface area contributed by atoms with Gasteiger partial charge in [-0.25, -0.2) is 0 Å². The lowest BCUT2D eigenvalue weighted by Crippen LogP contribution is -2.58. The van der Waals surface area contributed by atoms with Crippen molar-refractivity contribution >= 4 is 17.7 Å². The molecule has 1 atom stereocenters. The van der Waals surface area contributed by atoms with E-state index >= 15 is 0 Å². The average molecular weight is 286 g/mol. The molecule has 0 aliphatic heterocycles. The Morgan fingerprint density at radius 3 is 2.30 bits per heavy atom. The second-order valence-corrected chi connectivity index (χ2v) is 5.28. The monoisotopic (exact) mass is 286 g/mol. The molecule has 0 aliphatic carbocycles. The van der Waals surface area contributed by atoms with Gasteiger partial charge < -0.3 is 22.1 Å². The number of nitrogens with one attached hydrogen (secondary N) is 2. The Morgan fingerprint density at radius 1 is 1.25 bits per heavy atom. The van der Waals surface area contributed by atoms with Crippen LogP contribution in [0.2, 0.25) is 0 Å². The van der Waals surface area contributed by atoms with Crippen LogP contribution in [0.1, 0.15) is 46.5 Å². The van der Waals surface area contributed by atoms with Crippen LogP contribution in [0.15, 0.2) is 0 Å². The van der Waals surface area contributed by atoms with E-state index in [2.05, 4.69) is 10.6 Å². The molecule has 0 aromatic rings. The van der Waals surface area contributed by atoms with Gasteiger partial charge in [0.25, 0.3) is 0 Å². The summed E-state index contributed by atoms with van der Waals surface area (Å²) >= 11 is 0. The first-order valence-electron chi connectivity index (χ1n) is 6.86. The molecule has 6 N–H and O–H groups in total. The zero-order chi connectivity index (χ0) is 15.8. The van der Waals surface area contributed by atoms with Gasteiger partial charge in [-0.05, 0) is 39.7 Å². The van der Waals surface area contributed by atoms with E-state index in [0.717, 1.165) is 0 Å². The maximum Gasteiger partial charge on any atom is 0.243 e. The van der Waals surface area contributed by atoms with Crippen molar-refractivity contribution in [2.75, 3.05) is 6.54 Å². The van der Waals surface area contributed by atoms with Crippen LogP contribution in [0.25, 0.3) is 0 Å². The normalized spacial score (nSPS) is 12.6. The SMILES string of the molecule is CCCC(=O)NC(CCCN)C(=O)NC(C)(C)C(N)=O. The lowest BCUT2D eigenvalue weighted by Gasteiger charge is -2.26. The maximum absolute atomic E-state index is 12.1. The smallest absolute Gasteiger partial charge is 0.243 e. The van der Waals surface area contributed by atoms with E-state index in [4.69, 9.17) is 11.5 Å². The number of amides is 3. The third-order valence-corrected chi connectivity index (χ3v) is 2.88. The van der Waals surface area contributed by atoms with Gasteiger partial charge in [-0.1, -0.05) is 6.92 Å². The summed E-state index contributed by atoms with van der Waals surface area (Å²) in [7, 11) is 0. The van der Waals surface area contributed by atoms with E-state index in [1.165, 1.54) is 13.8 Å². The molecule has 0 fully saturated rings. The zero-order valence-electron chi connectivity index (χ0n) is 12.5. The highest BCUT2D eigenvalue weighted by Crippen LogP contribution is 2.04. The van der Waals surface area contributed by atoms with Crippen molar-refractivity contribution in [2.24, 2.45) is 11.5 Å². The second kappa shape index (κ2) is 8.52. The highest BCUT2D eigenvalue weighted by Gasteiger charge is 2.30. The van der Waals surface area contributed by atoms with Crippen LogP contribution >= 0.6 is 0 Å². The van der Waals surface area contributed by atoms with Crippen LogP contribution < -0.4 is 22.1 Å². The third kappa shape index (κ3) is 6.51. The number of carbonyl (C=O) groups is 3. The number of rotatable bonds is 9. The summed E-state index contributed by atoms with van der Waals surface area (Å²) < 4.78 is 0. The Kier molecular flexibility index (Phi) is 7.83. The Bertz CT molecular complexity index is 356. The molecule has 3 amide bonds. The third-order valence-electron chi connectivity index (χ3n) is 2.88. The number of carbonyl (C=O) groups excluding carboxylic acids is 3. The van der Waals surface area contributed by atoms with E-state index in [9.17, 15) is 14.4 Å². The van der Waals surface area contributed by atoms with E-state index in [1.54, 1.807) is 0 Å².